The molecule has 0 amide bonds. The number of aromatic nitrogens is 2. The van der Waals surface area contributed by atoms with E-state index < -0.39 is 0 Å². The molecule has 0 radical (unpaired) electrons. The van der Waals surface area contributed by atoms with E-state index in [0.29, 0.717) is 6.54 Å². The van der Waals surface area contributed by atoms with Crippen LogP contribution in [-0.4, -0.2) is 9.38 Å². The van der Waals surface area contributed by atoms with Gasteiger partial charge in [-0.15, -0.1) is 0 Å². The first-order valence-corrected chi connectivity index (χ1v) is 3.94. The number of fused-ring (bicyclic) bond motifs is 1. The summed E-state index contributed by atoms with van der Waals surface area (Å²) in [5, 5.41) is 0. The number of aryl methyl sites for hydroxylation is 1. The Morgan fingerprint density at radius 1 is 1.58 bits per heavy atom. The van der Waals surface area contributed by atoms with Crippen molar-refractivity contribution in [2.24, 2.45) is 5.73 Å². The molecule has 0 saturated carbocycles. The standard InChI is InChI=1S/C9H11N3/c1-7-3-2-4-12-8(5-10)6-11-9(7)12/h2-4,6H,5,10H2,1H3. The summed E-state index contributed by atoms with van der Waals surface area (Å²) >= 11 is 0. The SMILES string of the molecule is Cc1cccn2c(CN)cnc12. The highest BCUT2D eigenvalue weighted by molar-refractivity contribution is 5.48. The summed E-state index contributed by atoms with van der Waals surface area (Å²) in [6, 6.07) is 4.05. The Balaban J connectivity index is 2.80. The lowest BCUT2D eigenvalue weighted by molar-refractivity contribution is 0.957. The van der Waals surface area contributed by atoms with Crippen molar-refractivity contribution in [2.45, 2.75) is 13.5 Å². The van der Waals surface area contributed by atoms with Gasteiger partial charge in [0, 0.05) is 12.7 Å². The van der Waals surface area contributed by atoms with Gasteiger partial charge >= 0.3 is 0 Å². The molecule has 0 aliphatic carbocycles. The van der Waals surface area contributed by atoms with E-state index in [1.54, 1.807) is 0 Å². The first kappa shape index (κ1) is 7.31. The lowest BCUT2D eigenvalue weighted by atomic mass is 10.3. The van der Waals surface area contributed by atoms with Gasteiger partial charge in [-0.1, -0.05) is 6.07 Å². The summed E-state index contributed by atoms with van der Waals surface area (Å²) < 4.78 is 2.02. The van der Waals surface area contributed by atoms with Crippen LogP contribution in [0.5, 0.6) is 0 Å². The molecule has 12 heavy (non-hydrogen) atoms. The molecule has 0 aliphatic heterocycles. The minimum Gasteiger partial charge on any atom is -0.325 e. The Labute approximate surface area is 70.8 Å². The maximum absolute atomic E-state index is 5.55. The number of rotatable bonds is 1. The zero-order valence-corrected chi connectivity index (χ0v) is 6.99. The van der Waals surface area contributed by atoms with Gasteiger partial charge in [0.05, 0.1) is 11.9 Å². The quantitative estimate of drug-likeness (QED) is 0.680. The second-order valence-electron chi connectivity index (χ2n) is 2.84. The second kappa shape index (κ2) is 2.60. The molecule has 0 saturated heterocycles. The average molecular weight is 161 g/mol. The van der Waals surface area contributed by atoms with Crippen molar-refractivity contribution in [1.82, 2.24) is 9.38 Å². The fourth-order valence-corrected chi connectivity index (χ4v) is 1.35. The third kappa shape index (κ3) is 0.905. The molecule has 0 aromatic carbocycles. The molecule has 2 heterocycles. The van der Waals surface area contributed by atoms with Gasteiger partial charge < -0.3 is 10.1 Å². The first-order chi connectivity index (χ1) is 5.83. The molecule has 2 rings (SSSR count). The van der Waals surface area contributed by atoms with Gasteiger partial charge in [0.2, 0.25) is 0 Å². The zero-order chi connectivity index (χ0) is 8.55. The minimum absolute atomic E-state index is 0.532. The van der Waals surface area contributed by atoms with E-state index in [2.05, 4.69) is 4.98 Å². The predicted molar refractivity (Wildman–Crippen MR) is 47.8 cm³/mol. The molecule has 3 heteroatoms. The van der Waals surface area contributed by atoms with Crippen LogP contribution < -0.4 is 5.73 Å². The molecule has 0 atom stereocenters. The van der Waals surface area contributed by atoms with Crippen molar-refractivity contribution in [3.63, 3.8) is 0 Å². The summed E-state index contributed by atoms with van der Waals surface area (Å²) in [6.07, 6.45) is 3.81. The van der Waals surface area contributed by atoms with Gasteiger partial charge in [-0.25, -0.2) is 4.98 Å². The second-order valence-corrected chi connectivity index (χ2v) is 2.84. The molecular weight excluding hydrogens is 150 g/mol. The van der Waals surface area contributed by atoms with Crippen LogP contribution in [-0.2, 0) is 6.54 Å². The fourth-order valence-electron chi connectivity index (χ4n) is 1.35. The van der Waals surface area contributed by atoms with Gasteiger partial charge in [0.15, 0.2) is 0 Å². The Kier molecular flexibility index (Phi) is 1.59. The molecule has 0 spiro atoms. The summed E-state index contributed by atoms with van der Waals surface area (Å²) in [4.78, 5) is 4.27. The molecular formula is C9H11N3. The maximum atomic E-state index is 5.55. The molecule has 2 aromatic heterocycles. The van der Waals surface area contributed by atoms with Crippen LogP contribution >= 0.6 is 0 Å². The summed E-state index contributed by atoms with van der Waals surface area (Å²) in [5.74, 6) is 0. The lowest BCUT2D eigenvalue weighted by Crippen LogP contribution is -2.00. The van der Waals surface area contributed by atoms with Crippen molar-refractivity contribution in [3.05, 3.63) is 35.8 Å². The van der Waals surface area contributed by atoms with E-state index >= 15 is 0 Å². The van der Waals surface area contributed by atoms with Gasteiger partial charge in [0.25, 0.3) is 0 Å². The third-order valence-corrected chi connectivity index (χ3v) is 2.02. The zero-order valence-electron chi connectivity index (χ0n) is 6.99. The van der Waals surface area contributed by atoms with Crippen molar-refractivity contribution in [1.29, 1.82) is 0 Å². The molecule has 62 valence electrons. The summed E-state index contributed by atoms with van der Waals surface area (Å²) in [6.45, 7) is 2.58. The fraction of sp³-hybridized carbons (Fsp3) is 0.222. The van der Waals surface area contributed by atoms with E-state index in [0.717, 1.165) is 11.3 Å². The van der Waals surface area contributed by atoms with Crippen LogP contribution in [0.25, 0.3) is 5.65 Å². The van der Waals surface area contributed by atoms with Crippen LogP contribution in [0, 0.1) is 6.92 Å². The van der Waals surface area contributed by atoms with E-state index in [1.807, 2.05) is 35.9 Å². The monoisotopic (exact) mass is 161 g/mol. The lowest BCUT2D eigenvalue weighted by Gasteiger charge is -1.99. The number of imidazole rings is 1. The van der Waals surface area contributed by atoms with E-state index in [-0.39, 0.29) is 0 Å². The Morgan fingerprint density at radius 2 is 2.42 bits per heavy atom. The Morgan fingerprint density at radius 3 is 3.17 bits per heavy atom. The van der Waals surface area contributed by atoms with Crippen LogP contribution in [0.4, 0.5) is 0 Å². The van der Waals surface area contributed by atoms with E-state index in [4.69, 9.17) is 5.73 Å². The molecule has 2 aromatic rings. The predicted octanol–water partition coefficient (Wildman–Crippen LogP) is 1.10. The number of hydrogen-bond donors (Lipinski definition) is 1. The largest absolute Gasteiger partial charge is 0.325 e. The van der Waals surface area contributed by atoms with Crippen molar-refractivity contribution >= 4 is 5.65 Å². The molecule has 0 bridgehead atoms. The molecule has 2 N–H and O–H groups in total. The van der Waals surface area contributed by atoms with Crippen molar-refractivity contribution in [3.8, 4) is 0 Å². The molecule has 3 nitrogen and oxygen atoms in total. The van der Waals surface area contributed by atoms with Gasteiger partial charge in [0.1, 0.15) is 5.65 Å². The van der Waals surface area contributed by atoms with Gasteiger partial charge in [-0.2, -0.15) is 0 Å². The van der Waals surface area contributed by atoms with E-state index in [9.17, 15) is 0 Å². The van der Waals surface area contributed by atoms with Crippen molar-refractivity contribution < 1.29 is 0 Å². The highest BCUT2D eigenvalue weighted by Gasteiger charge is 2.01. The number of hydrogen-bond acceptors (Lipinski definition) is 2. The number of pyridine rings is 1. The topological polar surface area (TPSA) is 43.3 Å². The number of nitrogens with two attached hydrogens (primary N) is 1. The first-order valence-electron chi connectivity index (χ1n) is 3.94. The van der Waals surface area contributed by atoms with Crippen LogP contribution in [0.15, 0.2) is 24.5 Å². The van der Waals surface area contributed by atoms with Crippen LogP contribution in [0.1, 0.15) is 11.3 Å². The highest BCUT2D eigenvalue weighted by Crippen LogP contribution is 2.09. The van der Waals surface area contributed by atoms with Crippen LogP contribution in [0.3, 0.4) is 0 Å². The normalized spacial score (nSPS) is 10.8. The van der Waals surface area contributed by atoms with Gasteiger partial charge in [-0.05, 0) is 18.6 Å². The van der Waals surface area contributed by atoms with Gasteiger partial charge in [-0.3, -0.25) is 0 Å². The van der Waals surface area contributed by atoms with E-state index in [1.165, 1.54) is 5.56 Å². The number of nitrogens with zero attached hydrogens (tertiary/aromatic N) is 2. The Bertz CT molecular complexity index is 403. The summed E-state index contributed by atoms with van der Waals surface area (Å²) in [7, 11) is 0. The Hall–Kier alpha value is -1.35. The highest BCUT2D eigenvalue weighted by atomic mass is 15.0. The smallest absolute Gasteiger partial charge is 0.139 e. The average Bonchev–Trinajstić information content (AvgIpc) is 2.49. The minimum atomic E-state index is 0.532. The summed E-state index contributed by atoms with van der Waals surface area (Å²) in [5.41, 5.74) is 8.78. The third-order valence-electron chi connectivity index (χ3n) is 2.02. The van der Waals surface area contributed by atoms with Crippen molar-refractivity contribution in [2.75, 3.05) is 0 Å². The molecule has 0 aliphatic rings. The maximum Gasteiger partial charge on any atom is 0.139 e. The van der Waals surface area contributed by atoms with Crippen LogP contribution in [0.2, 0.25) is 0 Å². The molecule has 0 fully saturated rings. The molecule has 0 unspecified atom stereocenters.